The molecule has 3 amide bonds. The number of carbonyl (C=O) groups is 4. The number of rotatable bonds is 18. The van der Waals surface area contributed by atoms with Crippen molar-refractivity contribution >= 4 is 48.9 Å². The summed E-state index contributed by atoms with van der Waals surface area (Å²) in [4.78, 5) is 57.5. The Morgan fingerprint density at radius 2 is 1.38 bits per heavy atom. The van der Waals surface area contributed by atoms with Crippen molar-refractivity contribution in [2.45, 2.75) is 49.7 Å². The number of methoxy groups -OCH3 is 2. The zero-order valence-electron chi connectivity index (χ0n) is 27.1. The van der Waals surface area contributed by atoms with E-state index >= 15 is 0 Å². The second kappa shape index (κ2) is 18.0. The summed E-state index contributed by atoms with van der Waals surface area (Å²) in [5.41, 5.74) is -1.26. The molecule has 0 spiro atoms. The molecule has 0 bridgehead atoms. The van der Waals surface area contributed by atoms with Crippen LogP contribution in [0.25, 0.3) is 0 Å². The highest BCUT2D eigenvalue weighted by molar-refractivity contribution is 8.43. The minimum absolute atomic E-state index is 0.0771. The van der Waals surface area contributed by atoms with Crippen LogP contribution in [0.5, 0.6) is 0 Å². The molecule has 1 heterocycles. The number of ether oxygens (including phenoxy) is 2. The maximum atomic E-state index is 13.7. The fraction of sp³-hybridized carbons (Fsp3) is 0.406. The molecule has 1 aliphatic heterocycles. The molecule has 1 aliphatic rings. The third kappa shape index (κ3) is 11.6. The summed E-state index contributed by atoms with van der Waals surface area (Å²) in [5.74, 6) is -2.98. The van der Waals surface area contributed by atoms with Gasteiger partial charge in [0.25, 0.3) is 15.4 Å². The molecule has 4 N–H and O–H groups in total. The highest BCUT2D eigenvalue weighted by atomic mass is 32.2. The Balaban J connectivity index is 1.75. The van der Waals surface area contributed by atoms with E-state index in [2.05, 4.69) is 20.9 Å². The Morgan fingerprint density at radius 1 is 0.854 bits per heavy atom. The van der Waals surface area contributed by atoms with E-state index in [0.29, 0.717) is 16.2 Å². The summed E-state index contributed by atoms with van der Waals surface area (Å²) in [5, 5.41) is 20.7. The van der Waals surface area contributed by atoms with Crippen LogP contribution in [0.15, 0.2) is 77.3 Å². The summed E-state index contributed by atoms with van der Waals surface area (Å²) in [7, 11) is -2.91. The lowest BCUT2D eigenvalue weighted by atomic mass is 9.91. The number of carbonyl (C=O) groups excluding carboxylic acids is 4. The fourth-order valence-electron chi connectivity index (χ4n) is 4.59. The van der Waals surface area contributed by atoms with E-state index in [4.69, 9.17) is 13.7 Å². The predicted octanol–water partition coefficient (Wildman–Crippen LogP) is 1.34. The van der Waals surface area contributed by atoms with Gasteiger partial charge >= 0.3 is 0 Å². The highest BCUT2D eigenvalue weighted by Crippen LogP contribution is 2.33. The summed E-state index contributed by atoms with van der Waals surface area (Å²) in [6.45, 7) is 1.39. The van der Waals surface area contributed by atoms with Gasteiger partial charge in [-0.3, -0.25) is 28.4 Å². The number of amides is 3. The number of nitrogens with zero attached hydrogens (tertiary/aromatic N) is 1. The monoisotopic (exact) mass is 706 g/mol. The summed E-state index contributed by atoms with van der Waals surface area (Å²) >= 11 is 0. The summed E-state index contributed by atoms with van der Waals surface area (Å²) in [6.07, 6.45) is 1.44. The number of aliphatic hydroxyl groups is 1. The molecule has 2 aromatic rings. The number of benzene rings is 2. The first-order valence-corrected chi connectivity index (χ1v) is 17.9. The molecule has 14 nitrogen and oxygen atoms in total. The van der Waals surface area contributed by atoms with Gasteiger partial charge in [0, 0.05) is 20.4 Å². The number of Topliss-reactive ketones (excluding diaryl/α,β-unsaturated/α-hetero) is 1. The Hall–Kier alpha value is -3.93. The van der Waals surface area contributed by atoms with Crippen LogP contribution < -0.4 is 16.0 Å². The van der Waals surface area contributed by atoms with Gasteiger partial charge in [-0.2, -0.15) is 8.42 Å². The van der Waals surface area contributed by atoms with Gasteiger partial charge in [-0.15, -0.1) is 10.9 Å². The molecule has 5 atom stereocenters. The molecule has 0 fully saturated rings. The molecule has 0 aromatic heterocycles. The lowest BCUT2D eigenvalue weighted by molar-refractivity contribution is -0.143. The van der Waals surface area contributed by atoms with E-state index in [9.17, 15) is 32.7 Å². The lowest BCUT2D eigenvalue weighted by Crippen LogP contribution is -2.60. The van der Waals surface area contributed by atoms with Crippen molar-refractivity contribution in [1.29, 1.82) is 0 Å². The number of ketones is 1. The van der Waals surface area contributed by atoms with E-state index in [1.165, 1.54) is 20.4 Å². The van der Waals surface area contributed by atoms with Crippen LogP contribution in [-0.4, -0.2) is 99.2 Å². The summed E-state index contributed by atoms with van der Waals surface area (Å²) < 4.78 is 40.6. The van der Waals surface area contributed by atoms with Crippen molar-refractivity contribution in [1.82, 2.24) is 16.0 Å². The van der Waals surface area contributed by atoms with E-state index < -0.39 is 79.9 Å². The lowest BCUT2D eigenvalue weighted by Gasteiger charge is -2.29. The van der Waals surface area contributed by atoms with Crippen LogP contribution in [-0.2, 0) is 50.3 Å². The van der Waals surface area contributed by atoms with Crippen molar-refractivity contribution in [3.8, 4) is 0 Å². The average molecular weight is 707 g/mol. The van der Waals surface area contributed by atoms with Gasteiger partial charge in [-0.1, -0.05) is 60.7 Å². The van der Waals surface area contributed by atoms with E-state index in [1.807, 2.05) is 0 Å². The van der Waals surface area contributed by atoms with Gasteiger partial charge in [0.15, 0.2) is 5.78 Å². The van der Waals surface area contributed by atoms with Gasteiger partial charge in [-0.05, 0) is 36.8 Å². The Kier molecular flexibility index (Phi) is 14.4. The van der Waals surface area contributed by atoms with Crippen molar-refractivity contribution in [3.05, 3.63) is 83.4 Å². The highest BCUT2D eigenvalue weighted by Gasteiger charge is 2.40. The molecular weight excluding hydrogens is 665 g/mol. The molecule has 3 rings (SSSR count). The van der Waals surface area contributed by atoms with Gasteiger partial charge < -0.3 is 30.5 Å². The first-order valence-electron chi connectivity index (χ1n) is 14.9. The smallest absolute Gasteiger partial charge is 0.271 e. The normalized spacial score (nSPS) is 18.1. The maximum Gasteiger partial charge on any atom is 0.271 e. The fourth-order valence-corrected chi connectivity index (χ4v) is 7.01. The first-order chi connectivity index (χ1) is 22.8. The van der Waals surface area contributed by atoms with Crippen LogP contribution in [0, 0.1) is 0 Å². The van der Waals surface area contributed by atoms with Crippen LogP contribution in [0.1, 0.15) is 25.0 Å². The number of thiol groups is 1. The molecule has 0 aliphatic carbocycles. The van der Waals surface area contributed by atoms with E-state index in [-0.39, 0.29) is 19.6 Å². The standard InChI is InChI=1S/C32H42N4O10S2/c1-22-33-15-16-47(22)31(40)36-27(19-45-4)30(39)35-26(18-44-3)29(38)34-25(17-23-11-7-5-8-12-23)28(37)32(2,41)21-46-48(42,43)20-24-13-9-6-10-14-24/h5-16,25-27,41,47H,17-21H2,1-4H3,(H,34,38)(H,35,39)(H,36,40)/t25-,26-,27-,32+/m0/s1. The van der Waals surface area contributed by atoms with Crippen molar-refractivity contribution < 1.29 is 46.4 Å². The Labute approximate surface area is 282 Å². The average Bonchev–Trinajstić information content (AvgIpc) is 3.49. The Morgan fingerprint density at radius 3 is 1.90 bits per heavy atom. The largest absolute Gasteiger partial charge is 0.382 e. The molecule has 1 unspecified atom stereocenters. The molecule has 2 aromatic carbocycles. The maximum absolute atomic E-state index is 13.7. The molecule has 0 saturated carbocycles. The molecule has 262 valence electrons. The molecule has 0 radical (unpaired) electrons. The van der Waals surface area contributed by atoms with Crippen LogP contribution in [0.4, 0.5) is 4.79 Å². The van der Waals surface area contributed by atoms with Gasteiger partial charge in [0.1, 0.15) is 30.0 Å². The van der Waals surface area contributed by atoms with Gasteiger partial charge in [-0.25, -0.2) is 0 Å². The number of hydrogen-bond acceptors (Lipinski definition) is 11. The molecule has 16 heteroatoms. The summed E-state index contributed by atoms with van der Waals surface area (Å²) in [6, 6.07) is 13.0. The molecule has 48 heavy (non-hydrogen) atoms. The number of aliphatic imine (C=N–C) groups is 1. The second-order valence-electron chi connectivity index (χ2n) is 11.2. The van der Waals surface area contributed by atoms with E-state index in [0.717, 1.165) is 6.92 Å². The van der Waals surface area contributed by atoms with Crippen LogP contribution in [0.2, 0.25) is 0 Å². The number of nitrogens with one attached hydrogen (secondary N) is 3. The molecular formula is C32H42N4O10S2. The zero-order valence-corrected chi connectivity index (χ0v) is 28.8. The predicted molar refractivity (Wildman–Crippen MR) is 182 cm³/mol. The quantitative estimate of drug-likeness (QED) is 0.111. The van der Waals surface area contributed by atoms with Crippen LogP contribution in [0.3, 0.4) is 0 Å². The van der Waals surface area contributed by atoms with E-state index in [1.54, 1.807) is 73.0 Å². The Bertz CT molecular complexity index is 1580. The molecule has 0 saturated heterocycles. The van der Waals surface area contributed by atoms with Gasteiger partial charge in [0.2, 0.25) is 11.8 Å². The first kappa shape index (κ1) is 38.5. The third-order valence-corrected chi connectivity index (χ3v) is 10.1. The SMILES string of the molecule is COC[C@H](NC(=O)[C@H](COC)NC(=O)[SH]1C=CN=C1C)C(=O)N[C@@H](Cc1ccccc1)C(=O)[C@](C)(O)COS(=O)(=O)Cc1ccccc1. The second-order valence-corrected chi connectivity index (χ2v) is 14.9. The van der Waals surface area contributed by atoms with Crippen molar-refractivity contribution in [2.24, 2.45) is 4.99 Å². The zero-order chi connectivity index (χ0) is 35.3. The topological polar surface area (TPSA) is 199 Å². The van der Waals surface area contributed by atoms with Crippen molar-refractivity contribution in [2.75, 3.05) is 34.0 Å². The van der Waals surface area contributed by atoms with Crippen molar-refractivity contribution in [3.63, 3.8) is 0 Å². The van der Waals surface area contributed by atoms with Crippen LogP contribution >= 0.6 is 10.9 Å². The third-order valence-electron chi connectivity index (χ3n) is 7.11. The van der Waals surface area contributed by atoms with Gasteiger partial charge in [0.05, 0.1) is 24.3 Å². The number of hydrogen-bond donors (Lipinski definition) is 5. The minimum Gasteiger partial charge on any atom is -0.382 e. The minimum atomic E-state index is -4.19.